The fourth-order valence-corrected chi connectivity index (χ4v) is 6.30. The third kappa shape index (κ3) is 7.06. The molecule has 3 aromatic heterocycles. The minimum absolute atomic E-state index is 0.0292. The fourth-order valence-electron chi connectivity index (χ4n) is 6.30. The van der Waals surface area contributed by atoms with Crippen LogP contribution in [0.2, 0.25) is 0 Å². The molecule has 15 nitrogen and oxygen atoms in total. The van der Waals surface area contributed by atoms with Gasteiger partial charge in [0.25, 0.3) is 5.91 Å². The minimum Gasteiger partial charge on any atom is -0.497 e. The topological polar surface area (TPSA) is 149 Å². The standard InChI is InChI=1S/C37H41N9O6/c1-22(32-15-27-13-26(25-7-8-25)14-34(46(27)42-32)45-21-35(47)43(2)37(45)48)39-33-18-38-41-36(40-33)44(19-23-9-28(49-3)16-29(10-23)50-4)20-24-11-30(51-5)17-31(12-24)52-6/h9-18,22,25H,7-8,19-21H2,1-6H3,(H,39,40,41)/t22-/m1/s1. The van der Waals surface area contributed by atoms with Crippen molar-refractivity contribution in [1.82, 2.24) is 29.7 Å². The van der Waals surface area contributed by atoms with E-state index < -0.39 is 0 Å². The van der Waals surface area contributed by atoms with Crippen LogP contribution in [0, 0.1) is 0 Å². The molecule has 1 N–H and O–H groups in total. The largest absolute Gasteiger partial charge is 0.497 e. The zero-order valence-corrected chi connectivity index (χ0v) is 30.0. The van der Waals surface area contributed by atoms with Gasteiger partial charge in [-0.2, -0.15) is 15.2 Å². The highest BCUT2D eigenvalue weighted by Gasteiger charge is 2.37. The van der Waals surface area contributed by atoms with Crippen LogP contribution in [-0.2, 0) is 17.9 Å². The van der Waals surface area contributed by atoms with Crippen LogP contribution in [0.4, 0.5) is 22.4 Å². The Morgan fingerprint density at radius 1 is 0.846 bits per heavy atom. The maximum Gasteiger partial charge on any atom is 0.332 e. The first-order valence-electron chi connectivity index (χ1n) is 16.9. The molecule has 0 unspecified atom stereocenters. The van der Waals surface area contributed by atoms with Gasteiger partial charge in [0, 0.05) is 32.3 Å². The van der Waals surface area contributed by atoms with Crippen LogP contribution in [0.3, 0.4) is 0 Å². The number of imide groups is 1. The number of likely N-dealkylation sites (N-methyl/N-ethyl adjacent to an activating group) is 1. The van der Waals surface area contributed by atoms with Gasteiger partial charge < -0.3 is 29.2 Å². The molecule has 7 rings (SSSR count). The predicted octanol–water partition coefficient (Wildman–Crippen LogP) is 5.21. The minimum atomic E-state index is -0.369. The second-order valence-corrected chi connectivity index (χ2v) is 13.0. The number of carbonyl (C=O) groups is 2. The highest BCUT2D eigenvalue weighted by molar-refractivity contribution is 6.11. The Kier molecular flexibility index (Phi) is 9.41. The summed E-state index contributed by atoms with van der Waals surface area (Å²) in [6.45, 7) is 2.75. The summed E-state index contributed by atoms with van der Waals surface area (Å²) in [5.41, 5.74) is 4.53. The molecule has 15 heteroatoms. The number of methoxy groups -OCH3 is 4. The molecule has 0 spiro atoms. The summed E-state index contributed by atoms with van der Waals surface area (Å²) in [7, 11) is 7.96. The molecule has 1 aliphatic carbocycles. The molecular formula is C37H41N9O6. The number of aromatic nitrogens is 5. The number of nitrogens with one attached hydrogen (secondary N) is 1. The highest BCUT2D eigenvalue weighted by atomic mass is 16.5. The molecule has 52 heavy (non-hydrogen) atoms. The van der Waals surface area contributed by atoms with E-state index in [1.165, 1.54) is 11.9 Å². The smallest absolute Gasteiger partial charge is 0.332 e. The maximum absolute atomic E-state index is 13.0. The van der Waals surface area contributed by atoms with Gasteiger partial charge in [0.15, 0.2) is 5.82 Å². The quantitative estimate of drug-likeness (QED) is 0.151. The number of carbonyl (C=O) groups excluding carboxylic acids is 2. The van der Waals surface area contributed by atoms with Crippen molar-refractivity contribution in [2.45, 2.75) is 44.8 Å². The van der Waals surface area contributed by atoms with Crippen LogP contribution in [0.5, 0.6) is 23.0 Å². The molecule has 2 aliphatic rings. The van der Waals surface area contributed by atoms with Crippen LogP contribution in [0.15, 0.2) is 60.8 Å². The maximum atomic E-state index is 13.0. The number of hydrogen-bond donors (Lipinski definition) is 1. The number of anilines is 3. The van der Waals surface area contributed by atoms with Gasteiger partial charge in [-0.3, -0.25) is 14.6 Å². The molecule has 1 saturated heterocycles. The van der Waals surface area contributed by atoms with E-state index in [1.807, 2.05) is 60.4 Å². The van der Waals surface area contributed by atoms with E-state index in [9.17, 15) is 9.59 Å². The van der Waals surface area contributed by atoms with Gasteiger partial charge in [-0.15, -0.1) is 5.10 Å². The van der Waals surface area contributed by atoms with E-state index in [0.29, 0.717) is 59.6 Å². The monoisotopic (exact) mass is 707 g/mol. The number of ether oxygens (including phenoxy) is 4. The van der Waals surface area contributed by atoms with Crippen molar-refractivity contribution in [2.75, 3.05) is 57.1 Å². The number of benzene rings is 2. The Balaban J connectivity index is 1.19. The van der Waals surface area contributed by atoms with Crippen molar-refractivity contribution < 1.29 is 28.5 Å². The zero-order chi connectivity index (χ0) is 36.5. The predicted molar refractivity (Wildman–Crippen MR) is 194 cm³/mol. The second-order valence-electron chi connectivity index (χ2n) is 13.0. The average Bonchev–Trinajstić information content (AvgIpc) is 3.87. The Bertz CT molecular complexity index is 2030. The van der Waals surface area contributed by atoms with E-state index in [2.05, 4.69) is 21.6 Å². The van der Waals surface area contributed by atoms with Gasteiger partial charge in [-0.05, 0) is 84.8 Å². The SMILES string of the molecule is COc1cc(CN(Cc2cc(OC)cc(OC)c2)c2nncc(N[C@H](C)c3cc4cc(C5CC5)cc(N5CC(=O)N(C)C5=O)n4n3)n2)cc(OC)c1. The van der Waals surface area contributed by atoms with Gasteiger partial charge in [0.2, 0.25) is 5.95 Å². The summed E-state index contributed by atoms with van der Waals surface area (Å²) in [6.07, 6.45) is 3.76. The van der Waals surface area contributed by atoms with Crippen LogP contribution < -0.4 is 34.1 Å². The van der Waals surface area contributed by atoms with Gasteiger partial charge in [0.1, 0.15) is 35.4 Å². The number of fused-ring (bicyclic) bond motifs is 1. The summed E-state index contributed by atoms with van der Waals surface area (Å²) >= 11 is 0. The lowest BCUT2D eigenvalue weighted by atomic mass is 10.1. The zero-order valence-electron chi connectivity index (χ0n) is 30.0. The Hall–Kier alpha value is -6.12. The third-order valence-electron chi connectivity index (χ3n) is 9.30. The van der Waals surface area contributed by atoms with Gasteiger partial charge in [-0.1, -0.05) is 0 Å². The molecule has 1 aliphatic heterocycles. The highest BCUT2D eigenvalue weighted by Crippen LogP contribution is 2.42. The number of pyridine rings is 1. The van der Waals surface area contributed by atoms with E-state index >= 15 is 0 Å². The number of nitrogens with zero attached hydrogens (tertiary/aromatic N) is 8. The van der Waals surface area contributed by atoms with E-state index in [4.69, 9.17) is 29.0 Å². The number of amides is 3. The molecule has 270 valence electrons. The molecule has 4 heterocycles. The van der Waals surface area contributed by atoms with Crippen molar-refractivity contribution in [1.29, 1.82) is 0 Å². The Morgan fingerprint density at radius 3 is 1.96 bits per heavy atom. The van der Waals surface area contributed by atoms with Gasteiger partial charge in [-0.25, -0.2) is 9.31 Å². The first kappa shape index (κ1) is 34.3. The molecule has 0 radical (unpaired) electrons. The molecule has 1 saturated carbocycles. The third-order valence-corrected chi connectivity index (χ3v) is 9.30. The van der Waals surface area contributed by atoms with Crippen LogP contribution in [-0.4, -0.2) is 83.7 Å². The Morgan fingerprint density at radius 2 is 1.44 bits per heavy atom. The summed E-state index contributed by atoms with van der Waals surface area (Å²) in [5.74, 6) is 4.27. The molecule has 2 fully saturated rings. The second kappa shape index (κ2) is 14.2. The molecule has 0 bridgehead atoms. The number of rotatable bonds is 14. The summed E-state index contributed by atoms with van der Waals surface area (Å²) in [4.78, 5) is 35.0. The molecular weight excluding hydrogens is 666 g/mol. The van der Waals surface area contributed by atoms with E-state index in [1.54, 1.807) is 39.2 Å². The normalized spacial score (nSPS) is 14.9. The lowest BCUT2D eigenvalue weighted by Crippen LogP contribution is -2.31. The first-order valence-corrected chi connectivity index (χ1v) is 16.9. The van der Waals surface area contributed by atoms with Crippen LogP contribution in [0.1, 0.15) is 54.1 Å². The van der Waals surface area contributed by atoms with Crippen molar-refractivity contribution in [2.24, 2.45) is 0 Å². The summed E-state index contributed by atoms with van der Waals surface area (Å²) in [5, 5.41) is 17.1. The Labute approximate surface area is 301 Å². The molecule has 2 aromatic carbocycles. The van der Waals surface area contributed by atoms with Crippen molar-refractivity contribution in [3.63, 3.8) is 0 Å². The van der Waals surface area contributed by atoms with E-state index in [0.717, 1.165) is 45.6 Å². The molecule has 1 atom stereocenters. The number of urea groups is 1. The summed E-state index contributed by atoms with van der Waals surface area (Å²) < 4.78 is 23.9. The van der Waals surface area contributed by atoms with Crippen molar-refractivity contribution in [3.8, 4) is 23.0 Å². The summed E-state index contributed by atoms with van der Waals surface area (Å²) in [6, 6.07) is 16.8. The fraction of sp³-hybridized carbons (Fsp3) is 0.351. The van der Waals surface area contributed by atoms with Gasteiger partial charge >= 0.3 is 6.03 Å². The molecule has 3 amide bonds. The first-order chi connectivity index (χ1) is 25.2. The lowest BCUT2D eigenvalue weighted by Gasteiger charge is -2.24. The van der Waals surface area contributed by atoms with Crippen molar-refractivity contribution >= 4 is 35.0 Å². The lowest BCUT2D eigenvalue weighted by molar-refractivity contribution is -0.123. The van der Waals surface area contributed by atoms with Crippen molar-refractivity contribution in [3.05, 3.63) is 83.2 Å². The molecule has 5 aromatic rings. The van der Waals surface area contributed by atoms with E-state index in [-0.39, 0.29) is 24.5 Å². The van der Waals surface area contributed by atoms with Gasteiger partial charge in [0.05, 0.1) is 51.9 Å². The van der Waals surface area contributed by atoms with Crippen LogP contribution >= 0.6 is 0 Å². The number of hydrogen-bond acceptors (Lipinski definition) is 12. The average molecular weight is 708 g/mol. The van der Waals surface area contributed by atoms with Crippen LogP contribution in [0.25, 0.3) is 5.52 Å².